The third-order valence-electron chi connectivity index (χ3n) is 7.07. The lowest BCUT2D eigenvalue weighted by Gasteiger charge is -2.46. The molecule has 0 aliphatic carbocycles. The quantitative estimate of drug-likeness (QED) is 0.392. The molecule has 0 aromatic carbocycles. The molecular formula is C21H34N3O4S2+. The smallest absolute Gasteiger partial charge is 0.353 e. The zero-order valence-electron chi connectivity index (χ0n) is 18.2. The highest BCUT2D eigenvalue weighted by molar-refractivity contribution is 8.03. The van der Waals surface area contributed by atoms with Gasteiger partial charge in [-0.15, -0.1) is 11.8 Å². The van der Waals surface area contributed by atoms with Crippen LogP contribution in [0.2, 0.25) is 0 Å². The van der Waals surface area contributed by atoms with Gasteiger partial charge in [0.2, 0.25) is 5.91 Å². The topological polar surface area (TPSA) is 89.9 Å². The molecule has 3 saturated heterocycles. The van der Waals surface area contributed by atoms with Crippen molar-refractivity contribution in [3.63, 3.8) is 0 Å². The van der Waals surface area contributed by atoms with Crippen molar-refractivity contribution in [2.24, 2.45) is 11.8 Å². The van der Waals surface area contributed by atoms with E-state index >= 15 is 0 Å². The fourth-order valence-corrected chi connectivity index (χ4v) is 8.53. The van der Waals surface area contributed by atoms with Gasteiger partial charge in [-0.1, -0.05) is 6.92 Å². The highest BCUT2D eigenvalue weighted by Crippen LogP contribution is 2.51. The minimum Gasteiger partial charge on any atom is -0.477 e. The normalized spacial score (nSPS) is 38.7. The van der Waals surface area contributed by atoms with Crippen LogP contribution >= 0.6 is 23.5 Å². The second-order valence-corrected chi connectivity index (χ2v) is 12.6. The summed E-state index contributed by atoms with van der Waals surface area (Å²) in [6.07, 6.45) is 1.55. The number of thioether (sulfide) groups is 2. The molecule has 4 heterocycles. The van der Waals surface area contributed by atoms with E-state index in [-0.39, 0.29) is 23.6 Å². The first-order valence-corrected chi connectivity index (χ1v) is 12.8. The molecule has 0 spiro atoms. The summed E-state index contributed by atoms with van der Waals surface area (Å²) in [4.78, 5) is 26.7. The van der Waals surface area contributed by atoms with Crippen LogP contribution in [0.1, 0.15) is 26.7 Å². The number of carbonyl (C=O) groups is 2. The number of hydrogen-bond acceptors (Lipinski definition) is 6. The molecular weight excluding hydrogens is 422 g/mol. The van der Waals surface area contributed by atoms with Gasteiger partial charge in [0, 0.05) is 40.8 Å². The van der Waals surface area contributed by atoms with Crippen LogP contribution in [0.25, 0.3) is 0 Å². The fraction of sp³-hybridized carbons (Fsp3) is 0.810. The number of quaternary nitrogens is 1. The molecule has 1 amide bonds. The molecule has 9 heteroatoms. The largest absolute Gasteiger partial charge is 0.477 e. The van der Waals surface area contributed by atoms with Gasteiger partial charge in [0.1, 0.15) is 5.70 Å². The monoisotopic (exact) mass is 456 g/mol. The van der Waals surface area contributed by atoms with E-state index < -0.39 is 18.0 Å². The van der Waals surface area contributed by atoms with Crippen molar-refractivity contribution in [3.05, 3.63) is 10.6 Å². The Hall–Kier alpha value is -0.740. The van der Waals surface area contributed by atoms with Gasteiger partial charge in [-0.25, -0.2) is 4.79 Å². The Labute approximate surface area is 187 Å². The number of hydrogen-bond donors (Lipinski definition) is 3. The first-order valence-electron chi connectivity index (χ1n) is 10.9. The van der Waals surface area contributed by atoms with Crippen molar-refractivity contribution in [1.82, 2.24) is 10.2 Å². The molecule has 0 bridgehead atoms. The number of aliphatic hydroxyl groups is 1. The molecule has 7 nitrogen and oxygen atoms in total. The Morgan fingerprint density at radius 2 is 2.10 bits per heavy atom. The second-order valence-electron chi connectivity index (χ2n) is 9.94. The van der Waals surface area contributed by atoms with Gasteiger partial charge < -0.3 is 24.9 Å². The number of carboxylic acids is 1. The van der Waals surface area contributed by atoms with Gasteiger partial charge in [0.25, 0.3) is 0 Å². The summed E-state index contributed by atoms with van der Waals surface area (Å²) < 4.78 is 1.11. The number of rotatable bonds is 7. The summed E-state index contributed by atoms with van der Waals surface area (Å²) in [6, 6.07) is 0.230. The molecule has 3 N–H and O–H groups in total. The van der Waals surface area contributed by atoms with Crippen molar-refractivity contribution in [2.75, 3.05) is 39.5 Å². The Bertz CT molecular complexity index is 757. The van der Waals surface area contributed by atoms with Crippen molar-refractivity contribution >= 4 is 35.4 Å². The number of nitrogens with zero attached hydrogens (tertiary/aromatic N) is 2. The standard InChI is InChI=1S/C21H33N3O4S2/c1-11-17-16(12(2)25)20(26)23(17)18(21(27)28)19(11)30-15-7-13(22-8-15)10-29-14-5-6-24(3,4)9-14/h11-17,22,25H,5-10H2,1-4H3/p+1/t11-,12-,13+,14+,15+,16-,17-/m1/s1. The summed E-state index contributed by atoms with van der Waals surface area (Å²) in [6.45, 7) is 6.96. The molecule has 0 saturated carbocycles. The Balaban J connectivity index is 1.36. The van der Waals surface area contributed by atoms with Crippen LogP contribution < -0.4 is 5.32 Å². The first kappa shape index (κ1) is 22.5. The van der Waals surface area contributed by atoms with E-state index in [1.165, 1.54) is 24.4 Å². The van der Waals surface area contributed by atoms with E-state index in [9.17, 15) is 19.8 Å². The van der Waals surface area contributed by atoms with Crippen molar-refractivity contribution in [2.45, 2.75) is 55.4 Å². The van der Waals surface area contributed by atoms with Gasteiger partial charge >= 0.3 is 5.97 Å². The van der Waals surface area contributed by atoms with Gasteiger partial charge in [0.05, 0.1) is 50.5 Å². The van der Waals surface area contributed by atoms with E-state index in [1.807, 2.05) is 6.92 Å². The Kier molecular flexibility index (Phi) is 6.22. The average Bonchev–Trinajstić information content (AvgIpc) is 3.30. The highest BCUT2D eigenvalue weighted by Gasteiger charge is 2.60. The van der Waals surface area contributed by atoms with Crippen LogP contribution in [0.4, 0.5) is 0 Å². The Morgan fingerprint density at radius 3 is 2.70 bits per heavy atom. The number of aliphatic carboxylic acids is 1. The van der Waals surface area contributed by atoms with E-state index in [1.54, 1.807) is 18.7 Å². The number of fused-ring (bicyclic) bond motifs is 1. The summed E-state index contributed by atoms with van der Waals surface area (Å²) in [5.74, 6) is -0.743. The minimum atomic E-state index is -1.04. The lowest BCUT2D eigenvalue weighted by Crippen LogP contribution is -2.63. The van der Waals surface area contributed by atoms with Crippen molar-refractivity contribution < 1.29 is 24.3 Å². The zero-order chi connectivity index (χ0) is 21.8. The molecule has 168 valence electrons. The van der Waals surface area contributed by atoms with Gasteiger partial charge in [-0.05, 0) is 13.3 Å². The summed E-state index contributed by atoms with van der Waals surface area (Å²) >= 11 is 3.71. The van der Waals surface area contributed by atoms with Gasteiger partial charge in [0.15, 0.2) is 0 Å². The maximum absolute atomic E-state index is 12.5. The van der Waals surface area contributed by atoms with E-state index in [0.717, 1.165) is 33.4 Å². The Morgan fingerprint density at radius 1 is 1.37 bits per heavy atom. The third kappa shape index (κ3) is 4.03. The molecule has 7 atom stereocenters. The molecule has 0 radical (unpaired) electrons. The van der Waals surface area contributed by atoms with Crippen LogP contribution in [0.5, 0.6) is 0 Å². The highest BCUT2D eigenvalue weighted by atomic mass is 32.2. The predicted octanol–water partition coefficient (Wildman–Crippen LogP) is 1.19. The lowest BCUT2D eigenvalue weighted by atomic mass is 9.79. The third-order valence-corrected chi connectivity index (χ3v) is 10.0. The molecule has 0 unspecified atom stereocenters. The lowest BCUT2D eigenvalue weighted by molar-refractivity contribution is -0.877. The molecule has 3 fully saturated rings. The second kappa shape index (κ2) is 8.31. The molecule has 4 aliphatic rings. The molecule has 30 heavy (non-hydrogen) atoms. The molecule has 0 aromatic heterocycles. The molecule has 4 aliphatic heterocycles. The number of β-lactam (4-membered cyclic amide) rings is 1. The van der Waals surface area contributed by atoms with Crippen molar-refractivity contribution in [3.8, 4) is 0 Å². The van der Waals surface area contributed by atoms with Crippen LogP contribution in [-0.2, 0) is 9.59 Å². The number of carboxylic acid groups (broad SMARTS) is 1. The number of aliphatic hydroxyl groups excluding tert-OH is 1. The zero-order valence-corrected chi connectivity index (χ0v) is 19.8. The van der Waals surface area contributed by atoms with Crippen LogP contribution in [0.15, 0.2) is 10.6 Å². The van der Waals surface area contributed by atoms with Crippen LogP contribution in [0, 0.1) is 11.8 Å². The SMILES string of the molecule is C[C@@H](O)[C@H]1C(=O)N2C(C(=O)O)=C(S[C@@H]3CN[C@H](CS[C@H]4CC[N+](C)(C)C4)C3)[C@H](C)[C@H]12. The number of nitrogens with one attached hydrogen (secondary N) is 1. The first-order chi connectivity index (χ1) is 14.1. The van der Waals surface area contributed by atoms with Crippen molar-refractivity contribution in [1.29, 1.82) is 0 Å². The maximum Gasteiger partial charge on any atom is 0.353 e. The van der Waals surface area contributed by atoms with E-state index in [2.05, 4.69) is 31.2 Å². The average molecular weight is 457 g/mol. The maximum atomic E-state index is 12.5. The molecule has 4 rings (SSSR count). The van der Waals surface area contributed by atoms with Gasteiger partial charge in [-0.2, -0.15) is 11.8 Å². The summed E-state index contributed by atoms with van der Waals surface area (Å²) in [7, 11) is 4.60. The van der Waals surface area contributed by atoms with Crippen LogP contribution in [-0.4, -0.2) is 99.6 Å². The summed E-state index contributed by atoms with van der Waals surface area (Å²) in [5, 5.41) is 24.4. The predicted molar refractivity (Wildman–Crippen MR) is 120 cm³/mol. The van der Waals surface area contributed by atoms with Crippen LogP contribution in [0.3, 0.4) is 0 Å². The van der Waals surface area contributed by atoms with E-state index in [0.29, 0.717) is 11.3 Å². The van der Waals surface area contributed by atoms with Gasteiger partial charge in [-0.3, -0.25) is 4.79 Å². The number of likely N-dealkylation sites (tertiary alicyclic amines) is 1. The molecule has 0 aromatic rings. The minimum absolute atomic E-state index is 0.0506. The fourth-order valence-electron chi connectivity index (χ4n) is 5.47. The number of amides is 1. The van der Waals surface area contributed by atoms with E-state index in [4.69, 9.17) is 0 Å². The number of carbonyl (C=O) groups excluding carboxylic acids is 1. The summed E-state index contributed by atoms with van der Waals surface area (Å²) in [5.41, 5.74) is 0.142.